The van der Waals surface area contributed by atoms with Crippen LogP contribution in [-0.4, -0.2) is 19.9 Å². The molecular formula is C16H16BrN3O. The summed E-state index contributed by atoms with van der Waals surface area (Å²) in [5, 5.41) is 20.9. The maximum Gasteiger partial charge on any atom is 0.139 e. The van der Waals surface area contributed by atoms with Crippen molar-refractivity contribution in [2.75, 3.05) is 0 Å². The molecular weight excluding hydrogens is 330 g/mol. The molecule has 0 amide bonds. The molecule has 0 spiro atoms. The fourth-order valence-corrected chi connectivity index (χ4v) is 3.36. The van der Waals surface area contributed by atoms with Gasteiger partial charge in [0, 0.05) is 26.6 Å². The highest BCUT2D eigenvalue weighted by molar-refractivity contribution is 9.10. The number of phenols is 1. The van der Waals surface area contributed by atoms with Crippen LogP contribution in [0.4, 0.5) is 0 Å². The van der Waals surface area contributed by atoms with Crippen molar-refractivity contribution < 1.29 is 5.11 Å². The van der Waals surface area contributed by atoms with E-state index in [1.807, 2.05) is 39.8 Å². The lowest BCUT2D eigenvalue weighted by Crippen LogP contribution is -1.99. The van der Waals surface area contributed by atoms with Crippen LogP contribution in [0.15, 0.2) is 22.7 Å². The van der Waals surface area contributed by atoms with Crippen molar-refractivity contribution in [3.63, 3.8) is 0 Å². The van der Waals surface area contributed by atoms with E-state index in [-0.39, 0.29) is 5.75 Å². The van der Waals surface area contributed by atoms with E-state index in [1.54, 1.807) is 6.07 Å². The summed E-state index contributed by atoms with van der Waals surface area (Å²) in [6.45, 7) is 8.02. The van der Waals surface area contributed by atoms with Crippen LogP contribution in [0.5, 0.6) is 5.75 Å². The minimum atomic E-state index is 0.251. The Morgan fingerprint density at radius 3 is 2.00 bits per heavy atom. The number of phenolic OH excluding ortho intramolecular Hbond substituents is 1. The summed E-state index contributed by atoms with van der Waals surface area (Å²) in [4.78, 5) is 0. The van der Waals surface area contributed by atoms with Gasteiger partial charge in [0.1, 0.15) is 5.75 Å². The topological polar surface area (TPSA) is 50.9 Å². The molecule has 0 unspecified atom stereocenters. The molecule has 3 aromatic rings. The normalized spacial score (nSPS) is 11.3. The number of hydrogen-bond donors (Lipinski definition) is 1. The van der Waals surface area contributed by atoms with Gasteiger partial charge < -0.3 is 9.67 Å². The van der Waals surface area contributed by atoms with Crippen LogP contribution in [-0.2, 0) is 0 Å². The zero-order valence-electron chi connectivity index (χ0n) is 12.4. The first-order valence-electron chi connectivity index (χ1n) is 6.72. The van der Waals surface area contributed by atoms with Crippen LogP contribution >= 0.6 is 15.9 Å². The lowest BCUT2D eigenvalue weighted by Gasteiger charge is -2.11. The Hall–Kier alpha value is -1.88. The Balaban J connectivity index is 2.47. The quantitative estimate of drug-likeness (QED) is 0.721. The molecule has 2 heterocycles. The highest BCUT2D eigenvalue weighted by atomic mass is 79.9. The van der Waals surface area contributed by atoms with Crippen molar-refractivity contribution in [2.24, 2.45) is 0 Å². The number of aromatic hydroxyl groups is 1. The van der Waals surface area contributed by atoms with Crippen molar-refractivity contribution >= 4 is 26.7 Å². The third-order valence-electron chi connectivity index (χ3n) is 3.90. The number of benzene rings is 1. The van der Waals surface area contributed by atoms with Gasteiger partial charge in [-0.05, 0) is 45.9 Å². The largest absolute Gasteiger partial charge is 0.506 e. The highest BCUT2D eigenvalue weighted by Crippen LogP contribution is 2.35. The second kappa shape index (κ2) is 4.84. The second-order valence-electron chi connectivity index (χ2n) is 5.26. The standard InChI is InChI=1S/C16H16BrN3O/c1-8-15-10(3)20(11(4)16(15)9(2)19-18-8)13-7-12(17)5-6-14(13)21/h5-7,21H,1-4H3. The van der Waals surface area contributed by atoms with Crippen LogP contribution in [0, 0.1) is 27.7 Å². The fraction of sp³-hybridized carbons (Fsp3) is 0.250. The molecule has 3 rings (SSSR count). The van der Waals surface area contributed by atoms with E-state index in [2.05, 4.69) is 30.7 Å². The zero-order chi connectivity index (χ0) is 15.3. The first-order valence-corrected chi connectivity index (χ1v) is 7.51. The molecule has 108 valence electrons. The Bertz CT molecular complexity index is 823. The van der Waals surface area contributed by atoms with Crippen molar-refractivity contribution in [1.29, 1.82) is 0 Å². The number of halogens is 1. The summed E-state index contributed by atoms with van der Waals surface area (Å²) < 4.78 is 2.99. The summed E-state index contributed by atoms with van der Waals surface area (Å²) in [5.41, 5.74) is 4.70. The minimum absolute atomic E-state index is 0.251. The van der Waals surface area contributed by atoms with Gasteiger partial charge in [-0.25, -0.2) is 0 Å². The molecule has 0 radical (unpaired) electrons. The molecule has 0 saturated heterocycles. The van der Waals surface area contributed by atoms with Crippen LogP contribution in [0.25, 0.3) is 16.5 Å². The van der Waals surface area contributed by atoms with Gasteiger partial charge in [-0.3, -0.25) is 0 Å². The molecule has 0 saturated carbocycles. The molecule has 4 nitrogen and oxygen atoms in total. The van der Waals surface area contributed by atoms with Crippen LogP contribution in [0.1, 0.15) is 22.8 Å². The molecule has 0 aliphatic rings. The summed E-state index contributed by atoms with van der Waals surface area (Å²) in [5.74, 6) is 0.251. The maximum atomic E-state index is 10.2. The minimum Gasteiger partial charge on any atom is -0.506 e. The maximum absolute atomic E-state index is 10.2. The van der Waals surface area contributed by atoms with Gasteiger partial charge in [0.15, 0.2) is 0 Å². The molecule has 1 N–H and O–H groups in total. The van der Waals surface area contributed by atoms with Gasteiger partial charge in [0.05, 0.1) is 17.1 Å². The molecule has 21 heavy (non-hydrogen) atoms. The summed E-state index contributed by atoms with van der Waals surface area (Å²) >= 11 is 3.47. The molecule has 0 fully saturated rings. The Morgan fingerprint density at radius 2 is 1.48 bits per heavy atom. The van der Waals surface area contributed by atoms with E-state index >= 15 is 0 Å². The average molecular weight is 346 g/mol. The van der Waals surface area contributed by atoms with E-state index in [1.165, 1.54) is 0 Å². The third-order valence-corrected chi connectivity index (χ3v) is 4.39. The summed E-state index contributed by atoms with van der Waals surface area (Å²) in [6.07, 6.45) is 0. The van der Waals surface area contributed by atoms with Crippen LogP contribution < -0.4 is 0 Å². The summed E-state index contributed by atoms with van der Waals surface area (Å²) in [6, 6.07) is 5.44. The van der Waals surface area contributed by atoms with Gasteiger partial charge in [-0.15, -0.1) is 0 Å². The monoisotopic (exact) mass is 345 g/mol. The zero-order valence-corrected chi connectivity index (χ0v) is 14.0. The number of aromatic nitrogens is 3. The van der Waals surface area contributed by atoms with E-state index < -0.39 is 0 Å². The summed E-state index contributed by atoms with van der Waals surface area (Å²) in [7, 11) is 0. The molecule has 0 atom stereocenters. The number of nitrogens with zero attached hydrogens (tertiary/aromatic N) is 3. The van der Waals surface area contributed by atoms with Gasteiger partial charge in [-0.2, -0.15) is 10.2 Å². The molecule has 2 aromatic heterocycles. The van der Waals surface area contributed by atoms with Crippen LogP contribution in [0.3, 0.4) is 0 Å². The Morgan fingerprint density at radius 1 is 0.952 bits per heavy atom. The van der Waals surface area contributed by atoms with Gasteiger partial charge in [0.25, 0.3) is 0 Å². The van der Waals surface area contributed by atoms with Gasteiger partial charge in [-0.1, -0.05) is 15.9 Å². The predicted molar refractivity (Wildman–Crippen MR) is 87.2 cm³/mol. The molecule has 0 aliphatic carbocycles. The first-order chi connectivity index (χ1) is 9.91. The third kappa shape index (κ3) is 2.03. The van der Waals surface area contributed by atoms with Gasteiger partial charge >= 0.3 is 0 Å². The van der Waals surface area contributed by atoms with Crippen molar-refractivity contribution in [2.45, 2.75) is 27.7 Å². The van der Waals surface area contributed by atoms with E-state index in [0.29, 0.717) is 0 Å². The van der Waals surface area contributed by atoms with E-state index in [4.69, 9.17) is 0 Å². The first kappa shape index (κ1) is 14.1. The number of rotatable bonds is 1. The molecule has 0 bridgehead atoms. The molecule has 0 aliphatic heterocycles. The van der Waals surface area contributed by atoms with Gasteiger partial charge in [0.2, 0.25) is 0 Å². The average Bonchev–Trinajstić information content (AvgIpc) is 2.70. The smallest absolute Gasteiger partial charge is 0.139 e. The highest BCUT2D eigenvalue weighted by Gasteiger charge is 2.19. The second-order valence-corrected chi connectivity index (χ2v) is 6.18. The fourth-order valence-electron chi connectivity index (χ4n) is 3.01. The van der Waals surface area contributed by atoms with E-state index in [0.717, 1.165) is 43.7 Å². The van der Waals surface area contributed by atoms with Crippen molar-refractivity contribution in [3.8, 4) is 11.4 Å². The van der Waals surface area contributed by atoms with Crippen molar-refractivity contribution in [1.82, 2.24) is 14.8 Å². The van der Waals surface area contributed by atoms with Crippen LogP contribution in [0.2, 0.25) is 0 Å². The number of hydrogen-bond acceptors (Lipinski definition) is 3. The van der Waals surface area contributed by atoms with E-state index in [9.17, 15) is 5.11 Å². The SMILES string of the molecule is Cc1nnc(C)c2c(C)n(-c3cc(Br)ccc3O)c(C)c12. The van der Waals surface area contributed by atoms with Crippen molar-refractivity contribution in [3.05, 3.63) is 45.4 Å². The Kier molecular flexibility index (Phi) is 3.24. The lowest BCUT2D eigenvalue weighted by atomic mass is 10.1. The molecule has 1 aromatic carbocycles. The lowest BCUT2D eigenvalue weighted by molar-refractivity contribution is 0.471. The molecule has 5 heteroatoms. The number of aryl methyl sites for hydroxylation is 4. The Labute approximate surface area is 131 Å². The number of fused-ring (bicyclic) bond motifs is 1. The predicted octanol–water partition coefficient (Wildman–Crippen LogP) is 4.12.